The molecular formula is C13H16N2O5. The lowest BCUT2D eigenvalue weighted by atomic mass is 10.1. The number of likely N-dealkylation sites (tertiary alicyclic amines) is 1. The van der Waals surface area contributed by atoms with E-state index in [1.54, 1.807) is 0 Å². The smallest absolute Gasteiger partial charge is 0.339 e. The van der Waals surface area contributed by atoms with Crippen molar-refractivity contribution in [1.82, 2.24) is 4.90 Å². The highest BCUT2D eigenvalue weighted by atomic mass is 16.4. The predicted octanol–water partition coefficient (Wildman–Crippen LogP) is 1.08. The fourth-order valence-corrected chi connectivity index (χ4v) is 2.13. The van der Waals surface area contributed by atoms with E-state index in [9.17, 15) is 19.8 Å². The van der Waals surface area contributed by atoms with Gasteiger partial charge in [-0.2, -0.15) is 0 Å². The van der Waals surface area contributed by atoms with Gasteiger partial charge in [0.15, 0.2) is 0 Å². The number of nitrogens with zero attached hydrogens (tertiary/aromatic N) is 1. The van der Waals surface area contributed by atoms with Crippen LogP contribution in [0.15, 0.2) is 18.2 Å². The molecule has 1 unspecified atom stereocenters. The van der Waals surface area contributed by atoms with Gasteiger partial charge in [-0.1, -0.05) is 0 Å². The van der Waals surface area contributed by atoms with Crippen molar-refractivity contribution in [2.24, 2.45) is 0 Å². The number of hydrogen-bond acceptors (Lipinski definition) is 4. The van der Waals surface area contributed by atoms with Crippen molar-refractivity contribution in [2.75, 3.05) is 18.4 Å². The van der Waals surface area contributed by atoms with Crippen LogP contribution in [-0.4, -0.2) is 51.4 Å². The van der Waals surface area contributed by atoms with Gasteiger partial charge in [0, 0.05) is 18.8 Å². The number of aliphatic hydroxyl groups excluding tert-OH is 1. The van der Waals surface area contributed by atoms with E-state index in [0.717, 1.165) is 6.42 Å². The van der Waals surface area contributed by atoms with Crippen LogP contribution >= 0.6 is 0 Å². The molecule has 2 amide bonds. The summed E-state index contributed by atoms with van der Waals surface area (Å²) in [6, 6.07) is 3.42. The second-order valence-corrected chi connectivity index (χ2v) is 4.71. The van der Waals surface area contributed by atoms with E-state index in [4.69, 9.17) is 5.11 Å². The summed E-state index contributed by atoms with van der Waals surface area (Å²) in [5.41, 5.74) is 0.00624. The fourth-order valence-electron chi connectivity index (χ4n) is 2.13. The maximum Gasteiger partial charge on any atom is 0.339 e. The summed E-state index contributed by atoms with van der Waals surface area (Å²) in [6.07, 6.45) is 0.875. The Morgan fingerprint density at radius 1 is 1.35 bits per heavy atom. The fraction of sp³-hybridized carbons (Fsp3) is 0.385. The number of aromatic carboxylic acids is 1. The van der Waals surface area contributed by atoms with Gasteiger partial charge in [0.2, 0.25) is 0 Å². The number of carboxylic acids is 1. The molecule has 0 saturated carbocycles. The van der Waals surface area contributed by atoms with Gasteiger partial charge >= 0.3 is 12.0 Å². The van der Waals surface area contributed by atoms with Crippen molar-refractivity contribution >= 4 is 17.7 Å². The minimum Gasteiger partial charge on any atom is -0.507 e. The van der Waals surface area contributed by atoms with E-state index >= 15 is 0 Å². The number of aromatic hydroxyl groups is 1. The zero-order valence-corrected chi connectivity index (χ0v) is 10.7. The van der Waals surface area contributed by atoms with Crippen molar-refractivity contribution in [3.8, 4) is 5.75 Å². The molecule has 108 valence electrons. The molecule has 0 aromatic heterocycles. The summed E-state index contributed by atoms with van der Waals surface area (Å²) < 4.78 is 0. The Morgan fingerprint density at radius 2 is 2.10 bits per heavy atom. The number of phenols is 1. The molecule has 1 aliphatic heterocycles. The molecule has 0 bridgehead atoms. The minimum atomic E-state index is -1.27. The third-order valence-electron chi connectivity index (χ3n) is 3.16. The van der Waals surface area contributed by atoms with Crippen LogP contribution in [0.1, 0.15) is 23.2 Å². The highest BCUT2D eigenvalue weighted by molar-refractivity contribution is 5.95. The lowest BCUT2D eigenvalue weighted by Crippen LogP contribution is -2.44. The molecule has 7 heteroatoms. The zero-order chi connectivity index (χ0) is 14.7. The van der Waals surface area contributed by atoms with Crippen molar-refractivity contribution in [3.05, 3.63) is 23.8 Å². The molecule has 7 nitrogen and oxygen atoms in total. The van der Waals surface area contributed by atoms with Crippen LogP contribution in [0, 0.1) is 0 Å². The third kappa shape index (κ3) is 3.18. The van der Waals surface area contributed by atoms with Crippen LogP contribution < -0.4 is 5.32 Å². The molecule has 1 fully saturated rings. The molecule has 1 aromatic carbocycles. The number of carbonyl (C=O) groups excluding carboxylic acids is 1. The number of carboxylic acid groups (broad SMARTS) is 1. The first-order chi connectivity index (χ1) is 9.47. The monoisotopic (exact) mass is 280 g/mol. The predicted molar refractivity (Wildman–Crippen MR) is 70.9 cm³/mol. The SMILES string of the molecule is O=C(O)c1cc(NC(=O)N2CCCC(O)C2)ccc1O. The van der Waals surface area contributed by atoms with Gasteiger partial charge in [0.1, 0.15) is 11.3 Å². The zero-order valence-electron chi connectivity index (χ0n) is 10.7. The molecule has 2 rings (SSSR count). The van der Waals surface area contributed by atoms with Crippen molar-refractivity contribution in [3.63, 3.8) is 0 Å². The maximum absolute atomic E-state index is 12.0. The average molecular weight is 280 g/mol. The van der Waals surface area contributed by atoms with Crippen molar-refractivity contribution in [1.29, 1.82) is 0 Å². The number of urea groups is 1. The van der Waals surface area contributed by atoms with Gasteiger partial charge in [0.05, 0.1) is 6.10 Å². The Hall–Kier alpha value is -2.28. The van der Waals surface area contributed by atoms with E-state index in [1.165, 1.54) is 23.1 Å². The lowest BCUT2D eigenvalue weighted by Gasteiger charge is -2.30. The van der Waals surface area contributed by atoms with E-state index in [2.05, 4.69) is 5.32 Å². The van der Waals surface area contributed by atoms with E-state index in [0.29, 0.717) is 13.0 Å². The Bertz CT molecular complexity index is 531. The van der Waals surface area contributed by atoms with Gasteiger partial charge in [-0.25, -0.2) is 9.59 Å². The number of aliphatic hydroxyl groups is 1. The number of piperidine rings is 1. The summed E-state index contributed by atoms with van der Waals surface area (Å²) in [6.45, 7) is 0.808. The summed E-state index contributed by atoms with van der Waals surface area (Å²) in [5, 5.41) is 30.3. The Balaban J connectivity index is 2.07. The molecule has 4 N–H and O–H groups in total. The van der Waals surface area contributed by atoms with Gasteiger partial charge < -0.3 is 25.5 Å². The number of β-amino-alcohol motifs (C(OH)–C–C–N with tert-alkyl or cyclic N) is 1. The molecular weight excluding hydrogens is 264 g/mol. The highest BCUT2D eigenvalue weighted by Gasteiger charge is 2.22. The largest absolute Gasteiger partial charge is 0.507 e. The number of rotatable bonds is 2. The number of hydrogen-bond donors (Lipinski definition) is 4. The standard InChI is InChI=1S/C13H16N2O5/c16-9-2-1-5-15(7-9)13(20)14-8-3-4-11(17)10(6-8)12(18)19/h3-4,6,9,16-17H,1-2,5,7H2,(H,14,20)(H,18,19). The van der Waals surface area contributed by atoms with Gasteiger partial charge in [0.25, 0.3) is 0 Å². The average Bonchev–Trinajstić information content (AvgIpc) is 2.40. The Morgan fingerprint density at radius 3 is 2.75 bits per heavy atom. The summed E-state index contributed by atoms with van der Waals surface area (Å²) in [7, 11) is 0. The van der Waals surface area contributed by atoms with Crippen LogP contribution in [0.5, 0.6) is 5.75 Å². The first-order valence-electron chi connectivity index (χ1n) is 6.27. The molecule has 1 aliphatic rings. The van der Waals surface area contributed by atoms with Crippen LogP contribution in [0.3, 0.4) is 0 Å². The lowest BCUT2D eigenvalue weighted by molar-refractivity contribution is 0.0693. The second kappa shape index (κ2) is 5.79. The van der Waals surface area contributed by atoms with E-state index < -0.39 is 18.1 Å². The Kier molecular flexibility index (Phi) is 4.09. The molecule has 20 heavy (non-hydrogen) atoms. The minimum absolute atomic E-state index is 0.260. The number of carbonyl (C=O) groups is 2. The van der Waals surface area contributed by atoms with Crippen LogP contribution in [0.25, 0.3) is 0 Å². The van der Waals surface area contributed by atoms with Crippen LogP contribution in [0.4, 0.5) is 10.5 Å². The second-order valence-electron chi connectivity index (χ2n) is 4.71. The van der Waals surface area contributed by atoms with Crippen molar-refractivity contribution < 1.29 is 24.9 Å². The van der Waals surface area contributed by atoms with E-state index in [1.807, 2.05) is 0 Å². The number of anilines is 1. The highest BCUT2D eigenvalue weighted by Crippen LogP contribution is 2.22. The quantitative estimate of drug-likeness (QED) is 0.606. The number of amides is 2. The number of benzene rings is 1. The van der Waals surface area contributed by atoms with Gasteiger partial charge in [-0.05, 0) is 31.0 Å². The molecule has 1 saturated heterocycles. The third-order valence-corrected chi connectivity index (χ3v) is 3.16. The van der Waals surface area contributed by atoms with Crippen molar-refractivity contribution in [2.45, 2.75) is 18.9 Å². The Labute approximate surface area is 115 Å². The van der Waals surface area contributed by atoms with Gasteiger partial charge in [-0.3, -0.25) is 0 Å². The first-order valence-corrected chi connectivity index (χ1v) is 6.27. The van der Waals surface area contributed by atoms with Crippen LogP contribution in [-0.2, 0) is 0 Å². The number of nitrogens with one attached hydrogen (secondary N) is 1. The first kappa shape index (κ1) is 14.1. The van der Waals surface area contributed by atoms with Gasteiger partial charge in [-0.15, -0.1) is 0 Å². The maximum atomic E-state index is 12.0. The summed E-state index contributed by atoms with van der Waals surface area (Å²) in [4.78, 5) is 24.3. The molecule has 1 aromatic rings. The van der Waals surface area contributed by atoms with E-state index in [-0.39, 0.29) is 23.5 Å². The molecule has 1 heterocycles. The normalized spacial score (nSPS) is 18.6. The summed E-state index contributed by atoms with van der Waals surface area (Å²) >= 11 is 0. The summed E-state index contributed by atoms with van der Waals surface area (Å²) in [5.74, 6) is -1.63. The molecule has 0 aliphatic carbocycles. The molecule has 1 atom stereocenters. The molecule has 0 spiro atoms. The molecule has 0 radical (unpaired) electrons. The van der Waals surface area contributed by atoms with Crippen LogP contribution in [0.2, 0.25) is 0 Å². The topological polar surface area (TPSA) is 110 Å².